The molecule has 10 heteroatoms. The van der Waals surface area contributed by atoms with Crippen molar-refractivity contribution in [3.8, 4) is 0 Å². The predicted molar refractivity (Wildman–Crippen MR) is 81.4 cm³/mol. The molecule has 0 bridgehead atoms. The molecule has 0 heterocycles. The summed E-state index contributed by atoms with van der Waals surface area (Å²) in [5.41, 5.74) is 0. The molecule has 0 aliphatic rings. The van der Waals surface area contributed by atoms with Gasteiger partial charge in [0.25, 0.3) is 0 Å². The zero-order valence-corrected chi connectivity index (χ0v) is 13.4. The first-order valence-corrected chi connectivity index (χ1v) is 7.54. The average molecular weight is 348 g/mol. The third kappa shape index (κ3) is 16.2. The molecule has 0 atom stereocenters. The maximum absolute atomic E-state index is 11.2. The molecule has 0 aromatic rings. The van der Waals surface area contributed by atoms with E-state index in [2.05, 4.69) is 10.6 Å². The maximum Gasteiger partial charge on any atom is 0.303 e. The van der Waals surface area contributed by atoms with Crippen molar-refractivity contribution < 1.29 is 38.9 Å². The van der Waals surface area contributed by atoms with E-state index >= 15 is 0 Å². The topological polar surface area (TPSA) is 151 Å². The van der Waals surface area contributed by atoms with Gasteiger partial charge in [0.15, 0.2) is 0 Å². The van der Waals surface area contributed by atoms with Gasteiger partial charge in [0, 0.05) is 25.9 Å². The van der Waals surface area contributed by atoms with Crippen LogP contribution in [-0.2, 0) is 28.7 Å². The van der Waals surface area contributed by atoms with E-state index in [1.54, 1.807) is 0 Å². The van der Waals surface area contributed by atoms with Crippen LogP contribution >= 0.6 is 0 Å². The Morgan fingerprint density at radius 3 is 1.33 bits per heavy atom. The van der Waals surface area contributed by atoms with Crippen molar-refractivity contribution in [1.82, 2.24) is 10.6 Å². The highest BCUT2D eigenvalue weighted by atomic mass is 16.5. The number of aliphatic carboxylic acids is 2. The van der Waals surface area contributed by atoms with E-state index in [4.69, 9.17) is 19.7 Å². The number of hydrogen-bond donors (Lipinski definition) is 4. The number of carbonyl (C=O) groups is 4. The molecule has 0 unspecified atom stereocenters. The van der Waals surface area contributed by atoms with Crippen LogP contribution in [0.2, 0.25) is 0 Å². The fourth-order valence-electron chi connectivity index (χ4n) is 1.46. The fourth-order valence-corrected chi connectivity index (χ4v) is 1.46. The lowest BCUT2D eigenvalue weighted by molar-refractivity contribution is -0.139. The molecule has 0 aromatic carbocycles. The number of carbonyl (C=O) groups excluding carboxylic acids is 2. The van der Waals surface area contributed by atoms with Gasteiger partial charge in [-0.2, -0.15) is 0 Å². The van der Waals surface area contributed by atoms with Crippen LogP contribution < -0.4 is 10.6 Å². The Morgan fingerprint density at radius 2 is 1.00 bits per heavy atom. The van der Waals surface area contributed by atoms with Crippen LogP contribution in [0.15, 0.2) is 0 Å². The fraction of sp³-hybridized carbons (Fsp3) is 0.714. The van der Waals surface area contributed by atoms with Crippen molar-refractivity contribution in [2.45, 2.75) is 25.7 Å². The average Bonchev–Trinajstić information content (AvgIpc) is 2.52. The standard InChI is InChI=1S/C14H24N2O8/c17-11(1-3-13(19)20)15-5-7-23-9-10-24-8-6-16-12(18)2-4-14(21)22/h1-10H2,(H,15,17)(H,16,18)(H,19,20)(H,21,22). The van der Waals surface area contributed by atoms with Crippen molar-refractivity contribution >= 4 is 23.8 Å². The zero-order valence-electron chi connectivity index (χ0n) is 13.4. The lowest BCUT2D eigenvalue weighted by Gasteiger charge is -2.07. The lowest BCUT2D eigenvalue weighted by Crippen LogP contribution is -2.28. The van der Waals surface area contributed by atoms with Gasteiger partial charge in [-0.05, 0) is 0 Å². The summed E-state index contributed by atoms with van der Waals surface area (Å²) in [7, 11) is 0. The number of nitrogens with one attached hydrogen (secondary N) is 2. The smallest absolute Gasteiger partial charge is 0.303 e. The molecule has 138 valence electrons. The summed E-state index contributed by atoms with van der Waals surface area (Å²) in [4.78, 5) is 42.9. The molecular formula is C14H24N2O8. The summed E-state index contributed by atoms with van der Waals surface area (Å²) in [5, 5.41) is 21.9. The quantitative estimate of drug-likeness (QED) is 0.275. The number of carboxylic acids is 2. The predicted octanol–water partition coefficient (Wildman–Crippen LogP) is -1.02. The van der Waals surface area contributed by atoms with E-state index in [1.165, 1.54) is 0 Å². The highest BCUT2D eigenvalue weighted by Gasteiger charge is 2.05. The van der Waals surface area contributed by atoms with E-state index in [-0.39, 0.29) is 63.8 Å². The second-order valence-corrected chi connectivity index (χ2v) is 4.71. The van der Waals surface area contributed by atoms with Crippen LogP contribution in [0.4, 0.5) is 0 Å². The van der Waals surface area contributed by atoms with Crippen molar-refractivity contribution in [3.05, 3.63) is 0 Å². The van der Waals surface area contributed by atoms with Gasteiger partial charge in [-0.15, -0.1) is 0 Å². The molecule has 0 saturated carbocycles. The Morgan fingerprint density at radius 1 is 0.625 bits per heavy atom. The van der Waals surface area contributed by atoms with Crippen LogP contribution in [0, 0.1) is 0 Å². The Balaban J connectivity index is 3.28. The minimum absolute atomic E-state index is 0.0589. The number of ether oxygens (including phenoxy) is 2. The van der Waals surface area contributed by atoms with Crippen LogP contribution in [-0.4, -0.2) is 73.5 Å². The van der Waals surface area contributed by atoms with Crippen LogP contribution in [0.1, 0.15) is 25.7 Å². The molecule has 0 fully saturated rings. The first kappa shape index (κ1) is 21.8. The third-order valence-corrected chi connectivity index (χ3v) is 2.64. The van der Waals surface area contributed by atoms with E-state index in [1.807, 2.05) is 0 Å². The summed E-state index contributed by atoms with van der Waals surface area (Å²) in [6, 6.07) is 0. The number of carboxylic acid groups (broad SMARTS) is 2. The normalized spacial score (nSPS) is 10.2. The summed E-state index contributed by atoms with van der Waals surface area (Å²) in [6.45, 7) is 1.79. The Bertz CT molecular complexity index is 376. The Kier molecular flexibility index (Phi) is 13.1. The molecule has 2 amide bonds. The molecule has 0 saturated heterocycles. The summed E-state index contributed by atoms with van der Waals surface area (Å²) < 4.78 is 10.4. The van der Waals surface area contributed by atoms with Gasteiger partial charge >= 0.3 is 11.9 Å². The summed E-state index contributed by atoms with van der Waals surface area (Å²) in [6.07, 6.45) is -0.520. The van der Waals surface area contributed by atoms with Crippen molar-refractivity contribution in [2.24, 2.45) is 0 Å². The molecule has 0 aromatic heterocycles. The van der Waals surface area contributed by atoms with E-state index < -0.39 is 11.9 Å². The largest absolute Gasteiger partial charge is 0.481 e. The maximum atomic E-state index is 11.2. The minimum Gasteiger partial charge on any atom is -0.481 e. The monoisotopic (exact) mass is 348 g/mol. The third-order valence-electron chi connectivity index (χ3n) is 2.64. The van der Waals surface area contributed by atoms with Gasteiger partial charge < -0.3 is 30.3 Å². The second kappa shape index (κ2) is 14.4. The van der Waals surface area contributed by atoms with Crippen molar-refractivity contribution in [3.63, 3.8) is 0 Å². The summed E-state index contributed by atoms with van der Waals surface area (Å²) >= 11 is 0. The van der Waals surface area contributed by atoms with Gasteiger partial charge in [0.2, 0.25) is 11.8 Å². The van der Waals surface area contributed by atoms with Crippen LogP contribution in [0.5, 0.6) is 0 Å². The number of rotatable bonds is 15. The van der Waals surface area contributed by atoms with E-state index in [0.29, 0.717) is 13.2 Å². The van der Waals surface area contributed by atoms with Crippen molar-refractivity contribution in [2.75, 3.05) is 39.5 Å². The van der Waals surface area contributed by atoms with Crippen molar-refractivity contribution in [1.29, 1.82) is 0 Å². The van der Waals surface area contributed by atoms with Gasteiger partial charge in [0.05, 0.1) is 39.3 Å². The highest BCUT2D eigenvalue weighted by molar-refractivity contribution is 5.81. The highest BCUT2D eigenvalue weighted by Crippen LogP contribution is 1.89. The SMILES string of the molecule is O=C(O)CCC(=O)NCCOCCOCCNC(=O)CCC(=O)O. The molecule has 0 spiro atoms. The lowest BCUT2D eigenvalue weighted by atomic mass is 10.3. The molecular weight excluding hydrogens is 324 g/mol. The number of hydrogen-bond acceptors (Lipinski definition) is 6. The molecule has 0 rings (SSSR count). The van der Waals surface area contributed by atoms with Crippen LogP contribution in [0.25, 0.3) is 0 Å². The first-order valence-electron chi connectivity index (χ1n) is 7.54. The second-order valence-electron chi connectivity index (χ2n) is 4.71. The van der Waals surface area contributed by atoms with Gasteiger partial charge in [-0.1, -0.05) is 0 Å². The van der Waals surface area contributed by atoms with Gasteiger partial charge in [0.1, 0.15) is 0 Å². The zero-order chi connectivity index (χ0) is 18.2. The van der Waals surface area contributed by atoms with Gasteiger partial charge in [-0.3, -0.25) is 19.2 Å². The van der Waals surface area contributed by atoms with E-state index in [0.717, 1.165) is 0 Å². The first-order chi connectivity index (χ1) is 11.4. The Hall–Kier alpha value is -2.20. The molecule has 0 aliphatic carbocycles. The molecule has 24 heavy (non-hydrogen) atoms. The minimum atomic E-state index is -1.02. The number of amides is 2. The molecule has 0 aliphatic heterocycles. The Labute approximate surface area is 139 Å². The van der Waals surface area contributed by atoms with Gasteiger partial charge in [-0.25, -0.2) is 0 Å². The molecule has 10 nitrogen and oxygen atoms in total. The van der Waals surface area contributed by atoms with E-state index in [9.17, 15) is 19.2 Å². The summed E-state index contributed by atoms with van der Waals surface area (Å²) in [5.74, 6) is -2.71. The molecule has 4 N–H and O–H groups in total. The van der Waals surface area contributed by atoms with Crippen LogP contribution in [0.3, 0.4) is 0 Å². The molecule has 0 radical (unpaired) electrons.